The van der Waals surface area contributed by atoms with Crippen molar-refractivity contribution in [2.75, 3.05) is 0 Å². The maximum atomic E-state index is 13.3. The van der Waals surface area contributed by atoms with Crippen LogP contribution in [-0.4, -0.2) is 4.98 Å². The molecule has 0 unspecified atom stereocenters. The number of H-pyrrole nitrogens is 1. The van der Waals surface area contributed by atoms with Crippen LogP contribution in [0.15, 0.2) is 35.1 Å². The van der Waals surface area contributed by atoms with E-state index >= 15 is 0 Å². The zero-order chi connectivity index (χ0) is 11.7. The summed E-state index contributed by atoms with van der Waals surface area (Å²) in [6, 6.07) is 5.91. The molecule has 5 heteroatoms. The lowest BCUT2D eigenvalue weighted by Gasteiger charge is -2.04. The van der Waals surface area contributed by atoms with Gasteiger partial charge in [0.15, 0.2) is 17.5 Å². The van der Waals surface area contributed by atoms with Gasteiger partial charge in [0.1, 0.15) is 0 Å². The highest BCUT2D eigenvalue weighted by Crippen LogP contribution is 2.23. The van der Waals surface area contributed by atoms with Gasteiger partial charge in [-0.3, -0.25) is 4.79 Å². The third-order valence-electron chi connectivity index (χ3n) is 2.09. The van der Waals surface area contributed by atoms with Crippen molar-refractivity contribution in [1.82, 2.24) is 4.98 Å². The Morgan fingerprint density at radius 1 is 0.938 bits per heavy atom. The topological polar surface area (TPSA) is 32.9 Å². The van der Waals surface area contributed by atoms with Crippen LogP contribution in [0.4, 0.5) is 13.2 Å². The molecule has 0 saturated carbocycles. The van der Waals surface area contributed by atoms with Crippen molar-refractivity contribution in [3.05, 3.63) is 58.1 Å². The van der Waals surface area contributed by atoms with Crippen molar-refractivity contribution in [2.24, 2.45) is 0 Å². The first kappa shape index (κ1) is 10.5. The standard InChI is InChI=1S/C11H6F3NO/c12-7-5-4-6(10(13)11(7)14)8-2-1-3-9(16)15-8/h1-5H,(H,15,16). The summed E-state index contributed by atoms with van der Waals surface area (Å²) in [7, 11) is 0. The van der Waals surface area contributed by atoms with Gasteiger partial charge in [-0.2, -0.15) is 0 Å². The smallest absolute Gasteiger partial charge is 0.248 e. The van der Waals surface area contributed by atoms with Gasteiger partial charge in [0.25, 0.3) is 0 Å². The van der Waals surface area contributed by atoms with Gasteiger partial charge in [0.05, 0.1) is 5.69 Å². The summed E-state index contributed by atoms with van der Waals surface area (Å²) in [4.78, 5) is 13.3. The Morgan fingerprint density at radius 3 is 2.38 bits per heavy atom. The molecule has 1 N–H and O–H groups in total. The van der Waals surface area contributed by atoms with Crippen LogP contribution < -0.4 is 5.56 Å². The lowest BCUT2D eigenvalue weighted by atomic mass is 10.1. The number of hydrogen-bond acceptors (Lipinski definition) is 1. The van der Waals surface area contributed by atoms with Crippen LogP contribution in [0, 0.1) is 17.5 Å². The Balaban J connectivity index is 2.66. The summed E-state index contributed by atoms with van der Waals surface area (Å²) in [5, 5.41) is 0. The molecule has 1 heterocycles. The molecule has 0 aliphatic rings. The van der Waals surface area contributed by atoms with E-state index in [2.05, 4.69) is 4.98 Å². The van der Waals surface area contributed by atoms with Crippen molar-refractivity contribution >= 4 is 0 Å². The van der Waals surface area contributed by atoms with Gasteiger partial charge in [-0.25, -0.2) is 13.2 Å². The first-order chi connectivity index (χ1) is 7.59. The van der Waals surface area contributed by atoms with Crippen LogP contribution in [0.2, 0.25) is 0 Å². The molecule has 82 valence electrons. The van der Waals surface area contributed by atoms with Crippen molar-refractivity contribution in [3.8, 4) is 11.3 Å². The predicted molar refractivity (Wildman–Crippen MR) is 52.4 cm³/mol. The summed E-state index contributed by atoms with van der Waals surface area (Å²) in [6.45, 7) is 0. The molecule has 0 radical (unpaired) electrons. The molecule has 2 rings (SSSR count). The summed E-state index contributed by atoms with van der Waals surface area (Å²) in [5.74, 6) is -4.14. The van der Waals surface area contributed by atoms with Crippen molar-refractivity contribution in [2.45, 2.75) is 0 Å². The molecule has 0 amide bonds. The van der Waals surface area contributed by atoms with Crippen molar-refractivity contribution in [1.29, 1.82) is 0 Å². The maximum Gasteiger partial charge on any atom is 0.248 e. The van der Waals surface area contributed by atoms with E-state index in [1.54, 1.807) is 0 Å². The number of aromatic amines is 1. The minimum Gasteiger partial charge on any atom is -0.322 e. The molecule has 0 fully saturated rings. The van der Waals surface area contributed by atoms with Crippen LogP contribution in [0.25, 0.3) is 11.3 Å². The minimum absolute atomic E-state index is 0.101. The Labute approximate surface area is 88.4 Å². The molecule has 1 aromatic heterocycles. The SMILES string of the molecule is O=c1cccc(-c2ccc(F)c(F)c2F)[nH]1. The molecule has 0 bridgehead atoms. The number of rotatable bonds is 1. The van der Waals surface area contributed by atoms with E-state index in [0.29, 0.717) is 0 Å². The Kier molecular flexibility index (Phi) is 2.52. The van der Waals surface area contributed by atoms with E-state index in [0.717, 1.165) is 12.1 Å². The Morgan fingerprint density at radius 2 is 1.69 bits per heavy atom. The lowest BCUT2D eigenvalue weighted by Crippen LogP contribution is -2.05. The van der Waals surface area contributed by atoms with Gasteiger partial charge in [0.2, 0.25) is 5.56 Å². The van der Waals surface area contributed by atoms with E-state index < -0.39 is 23.0 Å². The van der Waals surface area contributed by atoms with E-state index in [9.17, 15) is 18.0 Å². The highest BCUT2D eigenvalue weighted by molar-refractivity contribution is 5.59. The fourth-order valence-electron chi connectivity index (χ4n) is 1.34. The fraction of sp³-hybridized carbons (Fsp3) is 0. The van der Waals surface area contributed by atoms with Gasteiger partial charge in [0, 0.05) is 11.6 Å². The van der Waals surface area contributed by atoms with E-state index in [-0.39, 0.29) is 11.3 Å². The van der Waals surface area contributed by atoms with Crippen LogP contribution in [0.5, 0.6) is 0 Å². The Bertz CT molecular complexity index is 592. The number of nitrogens with one attached hydrogen (secondary N) is 1. The molecule has 2 nitrogen and oxygen atoms in total. The number of aromatic nitrogens is 1. The minimum atomic E-state index is -1.55. The summed E-state index contributed by atoms with van der Waals surface area (Å²) in [5.41, 5.74) is -0.526. The van der Waals surface area contributed by atoms with Crippen molar-refractivity contribution < 1.29 is 13.2 Å². The van der Waals surface area contributed by atoms with Crippen LogP contribution in [-0.2, 0) is 0 Å². The molecule has 0 spiro atoms. The monoisotopic (exact) mass is 225 g/mol. The highest BCUT2D eigenvalue weighted by atomic mass is 19.2. The second-order valence-corrected chi connectivity index (χ2v) is 3.15. The van der Waals surface area contributed by atoms with Crippen LogP contribution >= 0.6 is 0 Å². The average Bonchev–Trinajstić information content (AvgIpc) is 2.26. The number of halogens is 3. The summed E-state index contributed by atoms with van der Waals surface area (Å²) >= 11 is 0. The molecular formula is C11H6F3NO. The summed E-state index contributed by atoms with van der Waals surface area (Å²) < 4.78 is 38.9. The quantitative estimate of drug-likeness (QED) is 0.743. The number of benzene rings is 1. The molecule has 2 aromatic rings. The third kappa shape index (κ3) is 1.71. The van der Waals surface area contributed by atoms with Gasteiger partial charge < -0.3 is 4.98 Å². The van der Waals surface area contributed by atoms with E-state index in [1.165, 1.54) is 18.2 Å². The molecule has 0 aliphatic carbocycles. The highest BCUT2D eigenvalue weighted by Gasteiger charge is 2.14. The maximum absolute atomic E-state index is 13.3. The van der Waals surface area contributed by atoms with Gasteiger partial charge >= 0.3 is 0 Å². The fourth-order valence-corrected chi connectivity index (χ4v) is 1.34. The average molecular weight is 225 g/mol. The van der Waals surface area contributed by atoms with E-state index in [4.69, 9.17) is 0 Å². The lowest BCUT2D eigenvalue weighted by molar-refractivity contribution is 0.449. The van der Waals surface area contributed by atoms with Gasteiger partial charge in [-0.05, 0) is 18.2 Å². The van der Waals surface area contributed by atoms with Crippen LogP contribution in [0.1, 0.15) is 0 Å². The number of hydrogen-bond donors (Lipinski definition) is 1. The van der Waals surface area contributed by atoms with Gasteiger partial charge in [-0.1, -0.05) is 6.07 Å². The Hall–Kier alpha value is -2.04. The first-order valence-corrected chi connectivity index (χ1v) is 4.43. The molecular weight excluding hydrogens is 219 g/mol. The van der Waals surface area contributed by atoms with Gasteiger partial charge in [-0.15, -0.1) is 0 Å². The summed E-state index contributed by atoms with van der Waals surface area (Å²) in [6.07, 6.45) is 0. The second-order valence-electron chi connectivity index (χ2n) is 3.15. The zero-order valence-corrected chi connectivity index (χ0v) is 7.93. The predicted octanol–water partition coefficient (Wildman–Crippen LogP) is 2.46. The molecule has 1 aromatic carbocycles. The second kappa shape index (κ2) is 3.84. The van der Waals surface area contributed by atoms with Crippen LogP contribution in [0.3, 0.4) is 0 Å². The van der Waals surface area contributed by atoms with Crippen molar-refractivity contribution in [3.63, 3.8) is 0 Å². The molecule has 0 saturated heterocycles. The van der Waals surface area contributed by atoms with E-state index in [1.807, 2.05) is 0 Å². The third-order valence-corrected chi connectivity index (χ3v) is 2.09. The number of pyridine rings is 1. The largest absolute Gasteiger partial charge is 0.322 e. The molecule has 0 atom stereocenters. The normalized spacial score (nSPS) is 10.4. The first-order valence-electron chi connectivity index (χ1n) is 4.43. The molecule has 16 heavy (non-hydrogen) atoms. The molecule has 0 aliphatic heterocycles. The zero-order valence-electron chi connectivity index (χ0n) is 7.93.